The predicted molar refractivity (Wildman–Crippen MR) is 82.0 cm³/mol. The molecule has 4 nitrogen and oxygen atoms in total. The number of nitrogens with one attached hydrogen (secondary N) is 1. The van der Waals surface area contributed by atoms with Gasteiger partial charge in [-0.15, -0.1) is 0 Å². The summed E-state index contributed by atoms with van der Waals surface area (Å²) in [6.45, 7) is 1.73. The third-order valence-corrected chi connectivity index (χ3v) is 6.14. The Hall–Kier alpha value is -0.590. The van der Waals surface area contributed by atoms with Gasteiger partial charge in [-0.2, -0.15) is 11.8 Å². The fraction of sp³-hybridized carbons (Fsp3) is 0.692. The van der Waals surface area contributed by atoms with Crippen LogP contribution < -0.4 is 5.32 Å². The van der Waals surface area contributed by atoms with Crippen LogP contribution in [0.4, 0.5) is 5.00 Å². The first-order valence-corrected chi connectivity index (χ1v) is 8.73. The number of thioether (sulfide) groups is 1. The van der Waals surface area contributed by atoms with Crippen molar-refractivity contribution in [3.8, 4) is 0 Å². The van der Waals surface area contributed by atoms with Crippen molar-refractivity contribution in [2.45, 2.75) is 43.4 Å². The first-order valence-electron chi connectivity index (χ1n) is 6.63. The zero-order valence-corrected chi connectivity index (χ0v) is 12.8. The highest BCUT2D eigenvalue weighted by atomic mass is 32.2. The van der Waals surface area contributed by atoms with Gasteiger partial charge in [-0.25, -0.2) is 0 Å². The summed E-state index contributed by atoms with van der Waals surface area (Å²) in [4.78, 5) is 10.3. The van der Waals surface area contributed by atoms with E-state index in [2.05, 4.69) is 11.6 Å². The Labute approximate surface area is 122 Å². The monoisotopic (exact) mass is 300 g/mol. The van der Waals surface area contributed by atoms with Gasteiger partial charge in [0.25, 0.3) is 0 Å². The Bertz CT molecular complexity index is 428. The van der Waals surface area contributed by atoms with Crippen LogP contribution in [0.5, 0.6) is 0 Å². The summed E-state index contributed by atoms with van der Waals surface area (Å²) in [5, 5.41) is 16.2. The van der Waals surface area contributed by atoms with Crippen LogP contribution in [0, 0.1) is 10.1 Å². The van der Waals surface area contributed by atoms with E-state index in [9.17, 15) is 10.1 Å². The molecule has 0 atom stereocenters. The smallest absolute Gasteiger partial charge is 0.311 e. The molecule has 1 heterocycles. The molecule has 1 aromatic heterocycles. The van der Waals surface area contributed by atoms with Crippen LogP contribution >= 0.6 is 23.1 Å². The van der Waals surface area contributed by atoms with Crippen LogP contribution in [0.25, 0.3) is 0 Å². The number of rotatable bonds is 6. The molecule has 1 N–H and O–H groups in total. The van der Waals surface area contributed by atoms with Crippen LogP contribution in [0.15, 0.2) is 11.4 Å². The third-order valence-electron chi connectivity index (χ3n) is 3.79. The van der Waals surface area contributed by atoms with Crippen LogP contribution in [0.2, 0.25) is 0 Å². The standard InChI is InChI=1S/C13H20N2O2S2/c1-18-13(5-3-2-4-6-13)10-14-8-11-7-12(15(16)17)19-9-11/h7,9,14H,2-6,8,10H2,1H3. The maximum atomic E-state index is 10.6. The molecule has 0 amide bonds. The van der Waals surface area contributed by atoms with Crippen molar-refractivity contribution in [1.29, 1.82) is 0 Å². The van der Waals surface area contributed by atoms with Gasteiger partial charge in [-0.05, 0) is 24.7 Å². The van der Waals surface area contributed by atoms with E-state index in [4.69, 9.17) is 0 Å². The molecule has 0 radical (unpaired) electrons. The molecule has 0 bridgehead atoms. The maximum absolute atomic E-state index is 10.6. The van der Waals surface area contributed by atoms with Crippen LogP contribution in [0.3, 0.4) is 0 Å². The van der Waals surface area contributed by atoms with Crippen molar-refractivity contribution in [1.82, 2.24) is 5.32 Å². The largest absolute Gasteiger partial charge is 0.324 e. The van der Waals surface area contributed by atoms with Gasteiger partial charge < -0.3 is 5.32 Å². The lowest BCUT2D eigenvalue weighted by molar-refractivity contribution is -0.380. The van der Waals surface area contributed by atoms with Gasteiger partial charge in [-0.1, -0.05) is 30.6 Å². The Kier molecular flexibility index (Phi) is 5.24. The molecule has 1 fully saturated rings. The van der Waals surface area contributed by atoms with Crippen LogP contribution in [-0.2, 0) is 6.54 Å². The van der Waals surface area contributed by atoms with Gasteiger partial charge in [0.1, 0.15) is 0 Å². The fourth-order valence-electron chi connectivity index (χ4n) is 2.63. The van der Waals surface area contributed by atoms with Crippen molar-refractivity contribution in [2.24, 2.45) is 0 Å². The minimum Gasteiger partial charge on any atom is -0.311 e. The minimum absolute atomic E-state index is 0.231. The van der Waals surface area contributed by atoms with E-state index < -0.39 is 0 Å². The Morgan fingerprint density at radius 1 is 1.47 bits per heavy atom. The molecule has 0 aromatic carbocycles. The van der Waals surface area contributed by atoms with E-state index in [1.165, 1.54) is 43.4 Å². The van der Waals surface area contributed by atoms with E-state index in [0.717, 1.165) is 18.7 Å². The van der Waals surface area contributed by atoms with E-state index in [-0.39, 0.29) is 9.92 Å². The van der Waals surface area contributed by atoms with Gasteiger partial charge in [-0.3, -0.25) is 10.1 Å². The molecule has 1 aromatic rings. The summed E-state index contributed by atoms with van der Waals surface area (Å²) >= 11 is 3.17. The van der Waals surface area contributed by atoms with Crippen LogP contribution in [-0.4, -0.2) is 22.5 Å². The molecule has 19 heavy (non-hydrogen) atoms. The number of thiophene rings is 1. The second-order valence-electron chi connectivity index (χ2n) is 5.10. The van der Waals surface area contributed by atoms with Crippen LogP contribution in [0.1, 0.15) is 37.7 Å². The quantitative estimate of drug-likeness (QED) is 0.641. The Morgan fingerprint density at radius 2 is 2.21 bits per heavy atom. The number of hydrogen-bond donors (Lipinski definition) is 1. The molecule has 1 aliphatic rings. The number of hydrogen-bond acceptors (Lipinski definition) is 5. The highest BCUT2D eigenvalue weighted by Gasteiger charge is 2.30. The normalized spacial score (nSPS) is 18.4. The van der Waals surface area contributed by atoms with Gasteiger partial charge >= 0.3 is 5.00 Å². The summed E-state index contributed by atoms with van der Waals surface area (Å²) < 4.78 is 0.375. The molecule has 106 valence electrons. The van der Waals surface area contributed by atoms with Crippen molar-refractivity contribution >= 4 is 28.1 Å². The molecule has 6 heteroatoms. The van der Waals surface area contributed by atoms with Crippen molar-refractivity contribution in [3.05, 3.63) is 27.1 Å². The predicted octanol–water partition coefficient (Wildman–Crippen LogP) is 3.81. The van der Waals surface area contributed by atoms with E-state index >= 15 is 0 Å². The summed E-state index contributed by atoms with van der Waals surface area (Å²) in [6, 6.07) is 1.67. The zero-order chi connectivity index (χ0) is 13.7. The first-order chi connectivity index (χ1) is 9.15. The second kappa shape index (κ2) is 6.72. The molecule has 0 aliphatic heterocycles. The van der Waals surface area contributed by atoms with Gasteiger partial charge in [0.15, 0.2) is 0 Å². The lowest BCUT2D eigenvalue weighted by Gasteiger charge is -2.36. The highest BCUT2D eigenvalue weighted by Crippen LogP contribution is 2.38. The van der Waals surface area contributed by atoms with Gasteiger partial charge in [0.05, 0.1) is 4.92 Å². The molecule has 0 spiro atoms. The highest BCUT2D eigenvalue weighted by molar-refractivity contribution is 8.00. The van der Waals surface area contributed by atoms with Gasteiger partial charge in [0, 0.05) is 29.3 Å². The molecule has 1 saturated carbocycles. The van der Waals surface area contributed by atoms with Crippen molar-refractivity contribution in [3.63, 3.8) is 0 Å². The Morgan fingerprint density at radius 3 is 2.79 bits per heavy atom. The summed E-state index contributed by atoms with van der Waals surface area (Å²) in [6.07, 6.45) is 8.77. The summed E-state index contributed by atoms with van der Waals surface area (Å²) in [5.74, 6) is 0. The van der Waals surface area contributed by atoms with Crippen molar-refractivity contribution < 1.29 is 4.92 Å². The lowest BCUT2D eigenvalue weighted by Crippen LogP contribution is -2.39. The van der Waals surface area contributed by atoms with E-state index in [1.807, 2.05) is 17.1 Å². The third kappa shape index (κ3) is 3.94. The maximum Gasteiger partial charge on any atom is 0.324 e. The molecule has 0 saturated heterocycles. The summed E-state index contributed by atoms with van der Waals surface area (Å²) in [5.41, 5.74) is 1.02. The average molecular weight is 300 g/mol. The number of nitro groups is 1. The Balaban J connectivity index is 1.82. The molecule has 0 unspecified atom stereocenters. The second-order valence-corrected chi connectivity index (χ2v) is 7.27. The van der Waals surface area contributed by atoms with Crippen molar-refractivity contribution in [2.75, 3.05) is 12.8 Å². The summed E-state index contributed by atoms with van der Waals surface area (Å²) in [7, 11) is 0. The topological polar surface area (TPSA) is 55.2 Å². The first kappa shape index (κ1) is 14.8. The average Bonchev–Trinajstić information content (AvgIpc) is 2.89. The molecular weight excluding hydrogens is 280 g/mol. The minimum atomic E-state index is -0.321. The molecule has 2 rings (SSSR count). The molecule has 1 aliphatic carbocycles. The van der Waals surface area contributed by atoms with Gasteiger partial charge in [0.2, 0.25) is 0 Å². The van der Waals surface area contributed by atoms with E-state index in [1.54, 1.807) is 6.07 Å². The lowest BCUT2D eigenvalue weighted by atomic mass is 9.88. The SMILES string of the molecule is CSC1(CNCc2csc([N+](=O)[O-])c2)CCCCC1. The molecular formula is C13H20N2O2S2. The number of nitrogens with zero attached hydrogens (tertiary/aromatic N) is 1. The zero-order valence-electron chi connectivity index (χ0n) is 11.2. The van der Waals surface area contributed by atoms with E-state index in [0.29, 0.717) is 4.75 Å². The fourth-order valence-corrected chi connectivity index (χ4v) is 4.31.